The fourth-order valence-corrected chi connectivity index (χ4v) is 2.95. The van der Waals surface area contributed by atoms with E-state index in [0.29, 0.717) is 6.04 Å². The van der Waals surface area contributed by atoms with Gasteiger partial charge in [-0.1, -0.05) is 43.7 Å². The van der Waals surface area contributed by atoms with Crippen LogP contribution in [0.4, 0.5) is 0 Å². The largest absolute Gasteiger partial charge is 0.386 e. The molecule has 108 valence electrons. The zero-order valence-electron chi connectivity index (χ0n) is 13.3. The molecule has 2 unspecified atom stereocenters. The summed E-state index contributed by atoms with van der Waals surface area (Å²) in [6.45, 7) is 13.0. The van der Waals surface area contributed by atoms with Gasteiger partial charge in [0.05, 0.1) is 0 Å². The Morgan fingerprint density at radius 1 is 1.21 bits per heavy atom. The first-order valence-corrected chi connectivity index (χ1v) is 7.83. The van der Waals surface area contributed by atoms with E-state index in [1.54, 1.807) is 11.1 Å². The zero-order valence-corrected chi connectivity index (χ0v) is 13.3. The van der Waals surface area contributed by atoms with Crippen LogP contribution >= 0.6 is 0 Å². The predicted molar refractivity (Wildman–Crippen MR) is 86.1 cm³/mol. The van der Waals surface area contributed by atoms with Crippen LogP contribution in [0.25, 0.3) is 0 Å². The number of rotatable bonds is 7. The fourth-order valence-electron chi connectivity index (χ4n) is 2.95. The van der Waals surface area contributed by atoms with Crippen molar-refractivity contribution in [3.8, 4) is 0 Å². The summed E-state index contributed by atoms with van der Waals surface area (Å²) in [6, 6.07) is 0.634. The molecule has 1 N–H and O–H groups in total. The van der Waals surface area contributed by atoms with Crippen molar-refractivity contribution < 1.29 is 0 Å². The van der Waals surface area contributed by atoms with Crippen LogP contribution in [0.1, 0.15) is 66.2 Å². The third kappa shape index (κ3) is 5.26. The standard InChI is InChI=1S/C18H31N/c1-6-16(7-2)9-10-17(8-3)11-12-18-14(4)13-15(5)19-18/h6,8,14,18-19H,5,7,9-13H2,1-4H3/b16-6+,17-8-. The van der Waals surface area contributed by atoms with Crippen molar-refractivity contribution in [2.45, 2.75) is 72.3 Å². The van der Waals surface area contributed by atoms with Crippen LogP contribution in [0, 0.1) is 5.92 Å². The monoisotopic (exact) mass is 261 g/mol. The summed E-state index contributed by atoms with van der Waals surface area (Å²) in [5.41, 5.74) is 4.42. The summed E-state index contributed by atoms with van der Waals surface area (Å²) >= 11 is 0. The molecule has 0 aromatic rings. The topological polar surface area (TPSA) is 12.0 Å². The van der Waals surface area contributed by atoms with E-state index in [1.807, 2.05) is 0 Å². The van der Waals surface area contributed by atoms with Crippen LogP contribution in [0.3, 0.4) is 0 Å². The van der Waals surface area contributed by atoms with Gasteiger partial charge in [0.1, 0.15) is 0 Å². The Balaban J connectivity index is 2.35. The summed E-state index contributed by atoms with van der Waals surface area (Å²) in [7, 11) is 0. The van der Waals surface area contributed by atoms with Gasteiger partial charge in [-0.25, -0.2) is 0 Å². The van der Waals surface area contributed by atoms with Crippen LogP contribution in [0.5, 0.6) is 0 Å². The van der Waals surface area contributed by atoms with Gasteiger partial charge in [0.25, 0.3) is 0 Å². The smallest absolute Gasteiger partial charge is 0.0290 e. The first-order valence-electron chi connectivity index (χ1n) is 7.83. The van der Waals surface area contributed by atoms with Gasteiger partial charge in [-0.05, 0) is 58.3 Å². The number of hydrogen-bond acceptors (Lipinski definition) is 1. The highest BCUT2D eigenvalue weighted by Gasteiger charge is 2.24. The molecule has 1 aliphatic heterocycles. The maximum absolute atomic E-state index is 4.05. The molecule has 2 atom stereocenters. The van der Waals surface area contributed by atoms with Crippen LogP contribution < -0.4 is 5.32 Å². The molecule has 1 nitrogen and oxygen atoms in total. The molecule has 0 saturated carbocycles. The number of allylic oxidation sites excluding steroid dienone is 5. The molecule has 1 saturated heterocycles. The van der Waals surface area contributed by atoms with Crippen molar-refractivity contribution in [3.63, 3.8) is 0 Å². The summed E-state index contributed by atoms with van der Waals surface area (Å²) in [6.07, 6.45) is 11.9. The normalized spacial score (nSPS) is 24.7. The first kappa shape index (κ1) is 16.1. The number of hydrogen-bond donors (Lipinski definition) is 1. The summed E-state index contributed by atoms with van der Waals surface area (Å²) < 4.78 is 0. The lowest BCUT2D eigenvalue weighted by Crippen LogP contribution is -2.24. The average Bonchev–Trinajstić information content (AvgIpc) is 2.72. The Bertz CT molecular complexity index is 349. The molecule has 0 aromatic carbocycles. The summed E-state index contributed by atoms with van der Waals surface area (Å²) in [4.78, 5) is 0. The van der Waals surface area contributed by atoms with Crippen molar-refractivity contribution in [3.05, 3.63) is 35.6 Å². The molecule has 0 bridgehead atoms. The van der Waals surface area contributed by atoms with E-state index in [9.17, 15) is 0 Å². The lowest BCUT2D eigenvalue weighted by molar-refractivity contribution is 0.452. The Hall–Kier alpha value is -0.980. The predicted octanol–water partition coefficient (Wildman–Crippen LogP) is 5.36. The molecule has 0 aromatic heterocycles. The molecular formula is C18H31N. The van der Waals surface area contributed by atoms with E-state index in [4.69, 9.17) is 0 Å². The summed E-state index contributed by atoms with van der Waals surface area (Å²) in [5.74, 6) is 0.743. The molecular weight excluding hydrogens is 230 g/mol. The quantitative estimate of drug-likeness (QED) is 0.608. The second-order valence-electron chi connectivity index (χ2n) is 5.82. The molecule has 1 heterocycles. The Kier molecular flexibility index (Phi) is 6.97. The molecule has 1 heteroatoms. The van der Waals surface area contributed by atoms with Gasteiger partial charge in [-0.2, -0.15) is 0 Å². The van der Waals surface area contributed by atoms with E-state index in [1.165, 1.54) is 37.8 Å². The highest BCUT2D eigenvalue weighted by Crippen LogP contribution is 2.27. The minimum Gasteiger partial charge on any atom is -0.386 e. The Morgan fingerprint density at radius 3 is 2.32 bits per heavy atom. The maximum atomic E-state index is 4.05. The Morgan fingerprint density at radius 2 is 1.84 bits per heavy atom. The van der Waals surface area contributed by atoms with Gasteiger partial charge in [0.2, 0.25) is 0 Å². The van der Waals surface area contributed by atoms with E-state index in [0.717, 1.165) is 12.3 Å². The van der Waals surface area contributed by atoms with Crippen molar-refractivity contribution >= 4 is 0 Å². The van der Waals surface area contributed by atoms with Crippen molar-refractivity contribution in [2.75, 3.05) is 0 Å². The second-order valence-corrected chi connectivity index (χ2v) is 5.82. The van der Waals surface area contributed by atoms with Gasteiger partial charge < -0.3 is 5.32 Å². The van der Waals surface area contributed by atoms with Gasteiger partial charge in [-0.15, -0.1) is 0 Å². The summed E-state index contributed by atoms with van der Waals surface area (Å²) in [5, 5.41) is 3.54. The van der Waals surface area contributed by atoms with Crippen LogP contribution in [-0.4, -0.2) is 6.04 Å². The van der Waals surface area contributed by atoms with Crippen LogP contribution in [0.15, 0.2) is 35.6 Å². The Labute approximate surface area is 119 Å². The highest BCUT2D eigenvalue weighted by molar-refractivity contribution is 5.09. The third-order valence-electron chi connectivity index (χ3n) is 4.46. The molecule has 19 heavy (non-hydrogen) atoms. The molecule has 1 aliphatic rings. The van der Waals surface area contributed by atoms with E-state index < -0.39 is 0 Å². The molecule has 1 fully saturated rings. The molecule has 0 radical (unpaired) electrons. The van der Waals surface area contributed by atoms with E-state index in [2.05, 4.69) is 51.7 Å². The molecule has 1 rings (SSSR count). The van der Waals surface area contributed by atoms with Gasteiger partial charge in [0.15, 0.2) is 0 Å². The molecule has 0 spiro atoms. The minimum atomic E-state index is 0.634. The maximum Gasteiger partial charge on any atom is 0.0290 e. The van der Waals surface area contributed by atoms with Crippen molar-refractivity contribution in [2.24, 2.45) is 5.92 Å². The lowest BCUT2D eigenvalue weighted by atomic mass is 9.93. The lowest BCUT2D eigenvalue weighted by Gasteiger charge is -2.17. The van der Waals surface area contributed by atoms with Crippen molar-refractivity contribution in [1.29, 1.82) is 0 Å². The third-order valence-corrected chi connectivity index (χ3v) is 4.46. The van der Waals surface area contributed by atoms with Crippen LogP contribution in [-0.2, 0) is 0 Å². The molecule has 0 amide bonds. The van der Waals surface area contributed by atoms with Gasteiger partial charge >= 0.3 is 0 Å². The van der Waals surface area contributed by atoms with Gasteiger partial charge in [0, 0.05) is 11.7 Å². The van der Waals surface area contributed by atoms with Gasteiger partial charge in [-0.3, -0.25) is 0 Å². The van der Waals surface area contributed by atoms with Crippen molar-refractivity contribution in [1.82, 2.24) is 5.32 Å². The first-order chi connectivity index (χ1) is 9.10. The molecule has 0 aliphatic carbocycles. The average molecular weight is 261 g/mol. The second kappa shape index (κ2) is 8.24. The number of nitrogens with one attached hydrogen (secondary N) is 1. The minimum absolute atomic E-state index is 0.634. The van der Waals surface area contributed by atoms with E-state index >= 15 is 0 Å². The van der Waals surface area contributed by atoms with Crippen LogP contribution in [0.2, 0.25) is 0 Å². The highest BCUT2D eigenvalue weighted by atomic mass is 15.0. The SMILES string of the molecule is C=C1CC(C)C(CC/C(=C\C)CC/C(=C/C)CC)N1. The zero-order chi connectivity index (χ0) is 14.3. The fraction of sp³-hybridized carbons (Fsp3) is 0.667. The van der Waals surface area contributed by atoms with E-state index in [-0.39, 0.29) is 0 Å².